The van der Waals surface area contributed by atoms with Gasteiger partial charge in [0, 0.05) is 6.07 Å². The van der Waals surface area contributed by atoms with E-state index >= 15 is 0 Å². The van der Waals surface area contributed by atoms with Gasteiger partial charge in [0.1, 0.15) is 17.5 Å². The number of nitrogens with zero attached hydrogens (tertiary/aromatic N) is 3. The topological polar surface area (TPSA) is 50.7 Å². The number of halogens is 3. The molecule has 88 valence electrons. The molecule has 2 heterocycles. The predicted octanol–water partition coefficient (Wildman–Crippen LogP) is 2.42. The molecule has 0 aliphatic carbocycles. The summed E-state index contributed by atoms with van der Waals surface area (Å²) < 4.78 is 25.8. The molecule has 0 amide bonds. The fraction of sp³-hybridized carbons (Fsp3) is 0.100. The minimum atomic E-state index is -0.711. The molecule has 0 saturated heterocycles. The molecule has 4 nitrogen and oxygen atoms in total. The normalized spacial score (nSPS) is 10.3. The standard InChI is InChI=1S/C10H7ClF2N4/c11-9-1-2-10(17-16-9)15-5-8-7(13)3-6(12)4-14-8/h1-4H,5H2,(H,15,17). The monoisotopic (exact) mass is 256 g/mol. The summed E-state index contributed by atoms with van der Waals surface area (Å²) in [6, 6.07) is 3.92. The van der Waals surface area contributed by atoms with Crippen LogP contribution in [0.5, 0.6) is 0 Å². The molecule has 0 aromatic carbocycles. The van der Waals surface area contributed by atoms with Gasteiger partial charge < -0.3 is 5.32 Å². The molecule has 0 saturated carbocycles. The van der Waals surface area contributed by atoms with E-state index in [1.54, 1.807) is 12.1 Å². The van der Waals surface area contributed by atoms with Gasteiger partial charge in [-0.3, -0.25) is 4.98 Å². The van der Waals surface area contributed by atoms with Crippen molar-refractivity contribution >= 4 is 17.4 Å². The first-order valence-corrected chi connectivity index (χ1v) is 5.06. The molecular weight excluding hydrogens is 250 g/mol. The molecule has 2 aromatic heterocycles. The molecule has 17 heavy (non-hydrogen) atoms. The Morgan fingerprint density at radius 2 is 2.06 bits per heavy atom. The van der Waals surface area contributed by atoms with E-state index in [2.05, 4.69) is 20.5 Å². The fourth-order valence-electron chi connectivity index (χ4n) is 1.16. The van der Waals surface area contributed by atoms with Crippen LogP contribution in [-0.2, 0) is 6.54 Å². The molecular formula is C10H7ClF2N4. The van der Waals surface area contributed by atoms with Crippen LogP contribution in [0, 0.1) is 11.6 Å². The second-order valence-corrected chi connectivity index (χ2v) is 3.56. The SMILES string of the molecule is Fc1cnc(CNc2ccc(Cl)nn2)c(F)c1. The second-order valence-electron chi connectivity index (χ2n) is 3.18. The van der Waals surface area contributed by atoms with E-state index in [0.717, 1.165) is 12.3 Å². The van der Waals surface area contributed by atoms with Crippen molar-refractivity contribution in [2.45, 2.75) is 6.54 Å². The van der Waals surface area contributed by atoms with E-state index in [1.165, 1.54) is 0 Å². The molecule has 1 N–H and O–H groups in total. The van der Waals surface area contributed by atoms with Gasteiger partial charge in [0.2, 0.25) is 0 Å². The van der Waals surface area contributed by atoms with Crippen molar-refractivity contribution < 1.29 is 8.78 Å². The number of nitrogens with one attached hydrogen (secondary N) is 1. The zero-order valence-corrected chi connectivity index (χ0v) is 9.25. The highest BCUT2D eigenvalue weighted by atomic mass is 35.5. The van der Waals surface area contributed by atoms with Gasteiger partial charge in [-0.1, -0.05) is 11.6 Å². The minimum absolute atomic E-state index is 0.0857. The molecule has 0 radical (unpaired) electrons. The molecule has 0 unspecified atom stereocenters. The molecule has 0 atom stereocenters. The van der Waals surface area contributed by atoms with E-state index < -0.39 is 11.6 Å². The van der Waals surface area contributed by atoms with Crippen LogP contribution in [0.1, 0.15) is 5.69 Å². The summed E-state index contributed by atoms with van der Waals surface area (Å²) in [6.07, 6.45) is 0.952. The second kappa shape index (κ2) is 5.01. The maximum absolute atomic E-state index is 13.2. The van der Waals surface area contributed by atoms with E-state index in [-0.39, 0.29) is 17.4 Å². The van der Waals surface area contributed by atoms with Crippen LogP contribution in [0.2, 0.25) is 5.15 Å². The Morgan fingerprint density at radius 3 is 2.71 bits per heavy atom. The molecule has 0 aliphatic heterocycles. The lowest BCUT2D eigenvalue weighted by Gasteiger charge is -2.05. The highest BCUT2D eigenvalue weighted by molar-refractivity contribution is 6.29. The lowest BCUT2D eigenvalue weighted by Crippen LogP contribution is -2.06. The Labute approximate surface area is 101 Å². The van der Waals surface area contributed by atoms with Crippen molar-refractivity contribution in [3.63, 3.8) is 0 Å². The molecule has 2 rings (SSSR count). The van der Waals surface area contributed by atoms with Crippen LogP contribution < -0.4 is 5.32 Å². The van der Waals surface area contributed by atoms with Gasteiger partial charge in [0.05, 0.1) is 18.4 Å². The Morgan fingerprint density at radius 1 is 1.24 bits per heavy atom. The average molecular weight is 257 g/mol. The van der Waals surface area contributed by atoms with E-state index in [1.807, 2.05) is 0 Å². The smallest absolute Gasteiger partial charge is 0.151 e. The molecule has 0 bridgehead atoms. The van der Waals surface area contributed by atoms with Crippen LogP contribution in [0.3, 0.4) is 0 Å². The summed E-state index contributed by atoms with van der Waals surface area (Å²) in [5.41, 5.74) is 0.100. The van der Waals surface area contributed by atoms with Gasteiger partial charge in [0.15, 0.2) is 5.15 Å². The predicted molar refractivity (Wildman–Crippen MR) is 58.5 cm³/mol. The Kier molecular flexibility index (Phi) is 3.43. The largest absolute Gasteiger partial charge is 0.363 e. The van der Waals surface area contributed by atoms with Crippen LogP contribution in [0.4, 0.5) is 14.6 Å². The van der Waals surface area contributed by atoms with E-state index in [4.69, 9.17) is 11.6 Å². The van der Waals surface area contributed by atoms with Crippen LogP contribution in [0.15, 0.2) is 24.4 Å². The maximum Gasteiger partial charge on any atom is 0.151 e. The first-order valence-electron chi connectivity index (χ1n) is 4.68. The minimum Gasteiger partial charge on any atom is -0.363 e. The van der Waals surface area contributed by atoms with Crippen LogP contribution in [0.25, 0.3) is 0 Å². The van der Waals surface area contributed by atoms with Gasteiger partial charge in [-0.25, -0.2) is 8.78 Å². The van der Waals surface area contributed by atoms with Gasteiger partial charge in [-0.15, -0.1) is 10.2 Å². The molecule has 0 fully saturated rings. The first-order chi connectivity index (χ1) is 8.15. The molecule has 2 aromatic rings. The Bertz CT molecular complexity index is 518. The summed E-state index contributed by atoms with van der Waals surface area (Å²) in [5, 5.41) is 10.4. The van der Waals surface area contributed by atoms with Crippen LogP contribution >= 0.6 is 11.6 Å². The maximum atomic E-state index is 13.2. The highest BCUT2D eigenvalue weighted by Gasteiger charge is 2.05. The van der Waals surface area contributed by atoms with Crippen molar-refractivity contribution in [3.8, 4) is 0 Å². The summed E-state index contributed by atoms with van der Waals surface area (Å²) in [4.78, 5) is 3.62. The summed E-state index contributed by atoms with van der Waals surface area (Å²) in [5.74, 6) is -0.989. The number of hydrogen-bond acceptors (Lipinski definition) is 4. The fourth-order valence-corrected chi connectivity index (χ4v) is 1.26. The third kappa shape index (κ3) is 3.07. The zero-order valence-electron chi connectivity index (χ0n) is 8.49. The molecule has 7 heteroatoms. The van der Waals surface area contributed by atoms with Crippen molar-refractivity contribution in [1.29, 1.82) is 0 Å². The van der Waals surface area contributed by atoms with Gasteiger partial charge >= 0.3 is 0 Å². The number of hydrogen-bond donors (Lipinski definition) is 1. The summed E-state index contributed by atoms with van der Waals surface area (Å²) >= 11 is 5.56. The Balaban J connectivity index is 2.04. The van der Waals surface area contributed by atoms with E-state index in [0.29, 0.717) is 5.82 Å². The molecule has 0 spiro atoms. The van der Waals surface area contributed by atoms with Gasteiger partial charge in [-0.2, -0.15) is 0 Å². The van der Waals surface area contributed by atoms with Gasteiger partial charge in [-0.05, 0) is 12.1 Å². The van der Waals surface area contributed by atoms with Crippen molar-refractivity contribution in [3.05, 3.63) is 46.9 Å². The third-order valence-electron chi connectivity index (χ3n) is 1.95. The summed E-state index contributed by atoms with van der Waals surface area (Å²) in [7, 11) is 0. The highest BCUT2D eigenvalue weighted by Crippen LogP contribution is 2.10. The van der Waals surface area contributed by atoms with Gasteiger partial charge in [0.25, 0.3) is 0 Å². The zero-order chi connectivity index (χ0) is 12.3. The van der Waals surface area contributed by atoms with Crippen LogP contribution in [-0.4, -0.2) is 15.2 Å². The lowest BCUT2D eigenvalue weighted by molar-refractivity contribution is 0.560. The van der Waals surface area contributed by atoms with Crippen molar-refractivity contribution in [2.75, 3.05) is 5.32 Å². The first kappa shape index (κ1) is 11.7. The quantitative estimate of drug-likeness (QED) is 0.916. The number of pyridine rings is 1. The lowest BCUT2D eigenvalue weighted by atomic mass is 10.3. The van der Waals surface area contributed by atoms with E-state index in [9.17, 15) is 8.78 Å². The van der Waals surface area contributed by atoms with Crippen molar-refractivity contribution in [1.82, 2.24) is 15.2 Å². The number of anilines is 1. The van der Waals surface area contributed by atoms with Crippen molar-refractivity contribution in [2.24, 2.45) is 0 Å². The third-order valence-corrected chi connectivity index (χ3v) is 2.15. The average Bonchev–Trinajstić information content (AvgIpc) is 2.30. The Hall–Kier alpha value is -1.82. The number of aromatic nitrogens is 3. The number of rotatable bonds is 3. The molecule has 0 aliphatic rings. The summed E-state index contributed by atoms with van der Waals surface area (Å²) in [6.45, 7) is 0.0857.